The van der Waals surface area contributed by atoms with Crippen LogP contribution >= 0.6 is 0 Å². The minimum absolute atomic E-state index is 0.189. The number of nitrogens with one attached hydrogen (secondary N) is 1. The summed E-state index contributed by atoms with van der Waals surface area (Å²) in [6, 6.07) is 3.67. The van der Waals surface area contributed by atoms with E-state index in [1.54, 1.807) is 25.5 Å². The van der Waals surface area contributed by atoms with E-state index in [9.17, 15) is 9.90 Å². The molecule has 0 amide bonds. The molecule has 1 atom stereocenters. The molecule has 0 aromatic carbocycles. The third-order valence-electron chi connectivity index (χ3n) is 3.88. The van der Waals surface area contributed by atoms with Gasteiger partial charge in [0.2, 0.25) is 5.95 Å². The summed E-state index contributed by atoms with van der Waals surface area (Å²) in [6.07, 6.45) is 4.26. The predicted octanol–water partition coefficient (Wildman–Crippen LogP) is 2.03. The maximum atomic E-state index is 13.0. The van der Waals surface area contributed by atoms with Crippen LogP contribution in [0.2, 0.25) is 0 Å². The van der Waals surface area contributed by atoms with Crippen molar-refractivity contribution < 1.29 is 5.11 Å². The second-order valence-corrected chi connectivity index (χ2v) is 7.65. The largest absolute Gasteiger partial charge is 0.392 e. The minimum atomic E-state index is -0.627. The lowest BCUT2D eigenvalue weighted by Crippen LogP contribution is -2.30. The van der Waals surface area contributed by atoms with Crippen LogP contribution in [0.25, 0.3) is 22.0 Å². The van der Waals surface area contributed by atoms with Crippen LogP contribution in [-0.2, 0) is 6.54 Å². The molecular weight excluding hydrogens is 344 g/mol. The van der Waals surface area contributed by atoms with E-state index in [1.165, 1.54) is 4.57 Å². The summed E-state index contributed by atoms with van der Waals surface area (Å²) < 4.78 is 1.49. The van der Waals surface area contributed by atoms with Gasteiger partial charge in [-0.2, -0.15) is 0 Å². The van der Waals surface area contributed by atoms with Gasteiger partial charge in [-0.15, -0.1) is 0 Å². The molecule has 3 rings (SSSR count). The lowest BCUT2D eigenvalue weighted by atomic mass is 10.1. The Kier molecular flexibility index (Phi) is 4.84. The van der Waals surface area contributed by atoms with Crippen LogP contribution in [0.1, 0.15) is 27.7 Å². The summed E-state index contributed by atoms with van der Waals surface area (Å²) in [7, 11) is 0. The minimum Gasteiger partial charge on any atom is -0.392 e. The smallest absolute Gasteiger partial charge is 0.262 e. The number of aliphatic hydroxyl groups is 1. The van der Waals surface area contributed by atoms with Crippen LogP contribution in [0.5, 0.6) is 0 Å². The molecule has 0 radical (unpaired) electrons. The van der Waals surface area contributed by atoms with Crippen LogP contribution in [0.3, 0.4) is 0 Å². The third-order valence-corrected chi connectivity index (χ3v) is 3.88. The van der Waals surface area contributed by atoms with Crippen molar-refractivity contribution >= 4 is 22.5 Å². The Balaban J connectivity index is 2.24. The number of pyridine rings is 2. The zero-order valence-corrected chi connectivity index (χ0v) is 15.9. The Labute approximate surface area is 157 Å². The van der Waals surface area contributed by atoms with Crippen LogP contribution in [0.15, 0.2) is 35.5 Å². The highest BCUT2D eigenvalue weighted by atomic mass is 16.3. The standard InChI is InChI=1S/C19H24N6O2/c1-11(26)10-25-6-5-12-7-14(13-8-21-18(20)22-9-13)23-16(15(12)17(25)27)24-19(2,3)4/h5-9,11,26H,10H2,1-4H3,(H,23,24)(H2,20,21,22). The quantitative estimate of drug-likeness (QED) is 0.644. The van der Waals surface area contributed by atoms with Gasteiger partial charge in [0.15, 0.2) is 0 Å². The average molecular weight is 368 g/mol. The molecule has 0 saturated heterocycles. The van der Waals surface area contributed by atoms with Crippen molar-refractivity contribution in [2.75, 3.05) is 11.1 Å². The van der Waals surface area contributed by atoms with E-state index >= 15 is 0 Å². The molecule has 1 unspecified atom stereocenters. The zero-order chi connectivity index (χ0) is 19.8. The summed E-state index contributed by atoms with van der Waals surface area (Å²) in [5, 5.41) is 14.2. The molecule has 0 bridgehead atoms. The molecule has 0 fully saturated rings. The van der Waals surface area contributed by atoms with E-state index in [-0.39, 0.29) is 23.6 Å². The molecule has 27 heavy (non-hydrogen) atoms. The number of fused-ring (bicyclic) bond motifs is 1. The summed E-state index contributed by atoms with van der Waals surface area (Å²) in [6.45, 7) is 7.86. The fraction of sp³-hybridized carbons (Fsp3) is 0.368. The van der Waals surface area contributed by atoms with Crippen molar-refractivity contribution in [1.29, 1.82) is 0 Å². The van der Waals surface area contributed by atoms with Gasteiger partial charge in [-0.05, 0) is 45.2 Å². The third kappa shape index (κ3) is 4.22. The summed E-state index contributed by atoms with van der Waals surface area (Å²) in [5.74, 6) is 0.672. The Morgan fingerprint density at radius 1 is 1.30 bits per heavy atom. The number of nitrogens with zero attached hydrogens (tertiary/aromatic N) is 4. The van der Waals surface area contributed by atoms with E-state index in [2.05, 4.69) is 20.3 Å². The maximum absolute atomic E-state index is 13.0. The Morgan fingerprint density at radius 3 is 2.56 bits per heavy atom. The number of nitrogens with two attached hydrogens (primary N) is 1. The van der Waals surface area contributed by atoms with Gasteiger partial charge in [-0.1, -0.05) is 0 Å². The maximum Gasteiger partial charge on any atom is 0.262 e. The molecule has 3 aromatic rings. The first-order valence-corrected chi connectivity index (χ1v) is 8.72. The first kappa shape index (κ1) is 18.8. The van der Waals surface area contributed by atoms with Gasteiger partial charge < -0.3 is 20.7 Å². The number of rotatable bonds is 4. The van der Waals surface area contributed by atoms with Gasteiger partial charge in [0.05, 0.1) is 23.7 Å². The second-order valence-electron chi connectivity index (χ2n) is 7.65. The SMILES string of the molecule is CC(O)Cn1ccc2cc(-c3cnc(N)nc3)nc(NC(C)(C)C)c2c1=O. The normalized spacial score (nSPS) is 12.9. The fourth-order valence-corrected chi connectivity index (χ4v) is 2.79. The topological polar surface area (TPSA) is 119 Å². The van der Waals surface area contributed by atoms with Crippen LogP contribution in [-0.4, -0.2) is 36.3 Å². The Morgan fingerprint density at radius 2 is 1.96 bits per heavy atom. The monoisotopic (exact) mass is 368 g/mol. The average Bonchev–Trinajstić information content (AvgIpc) is 2.56. The van der Waals surface area contributed by atoms with Crippen molar-refractivity contribution in [2.24, 2.45) is 0 Å². The molecule has 8 nitrogen and oxygen atoms in total. The van der Waals surface area contributed by atoms with Crippen molar-refractivity contribution in [1.82, 2.24) is 19.5 Å². The lowest BCUT2D eigenvalue weighted by molar-refractivity contribution is 0.172. The Bertz CT molecular complexity index is 1020. The van der Waals surface area contributed by atoms with E-state index < -0.39 is 6.10 Å². The lowest BCUT2D eigenvalue weighted by Gasteiger charge is -2.23. The molecule has 3 heterocycles. The van der Waals surface area contributed by atoms with Crippen molar-refractivity contribution in [3.05, 3.63) is 41.1 Å². The van der Waals surface area contributed by atoms with E-state index in [1.807, 2.05) is 32.9 Å². The van der Waals surface area contributed by atoms with Gasteiger partial charge in [-0.3, -0.25) is 4.79 Å². The number of aliphatic hydroxyl groups excluding tert-OH is 1. The second kappa shape index (κ2) is 6.96. The molecule has 4 N–H and O–H groups in total. The highest BCUT2D eigenvalue weighted by Crippen LogP contribution is 2.27. The van der Waals surface area contributed by atoms with Crippen LogP contribution < -0.4 is 16.6 Å². The highest BCUT2D eigenvalue weighted by Gasteiger charge is 2.18. The summed E-state index contributed by atoms with van der Waals surface area (Å²) in [4.78, 5) is 25.7. The van der Waals surface area contributed by atoms with Crippen molar-refractivity contribution in [3.63, 3.8) is 0 Å². The number of hydrogen-bond acceptors (Lipinski definition) is 7. The Hall–Kier alpha value is -3.00. The molecule has 142 valence electrons. The van der Waals surface area contributed by atoms with Crippen LogP contribution in [0.4, 0.5) is 11.8 Å². The summed E-state index contributed by atoms with van der Waals surface area (Å²) >= 11 is 0. The van der Waals surface area contributed by atoms with E-state index in [0.717, 1.165) is 5.39 Å². The van der Waals surface area contributed by atoms with E-state index in [4.69, 9.17) is 5.73 Å². The molecule has 0 saturated carbocycles. The number of anilines is 2. The van der Waals surface area contributed by atoms with Gasteiger partial charge in [0.25, 0.3) is 5.56 Å². The predicted molar refractivity (Wildman–Crippen MR) is 106 cm³/mol. The molecule has 3 aromatic heterocycles. The van der Waals surface area contributed by atoms with Crippen LogP contribution in [0, 0.1) is 0 Å². The van der Waals surface area contributed by atoms with E-state index in [0.29, 0.717) is 22.5 Å². The van der Waals surface area contributed by atoms with Crippen molar-refractivity contribution in [3.8, 4) is 11.3 Å². The van der Waals surface area contributed by atoms with Gasteiger partial charge in [0.1, 0.15) is 5.82 Å². The zero-order valence-electron chi connectivity index (χ0n) is 15.9. The molecule has 0 aliphatic heterocycles. The molecular formula is C19H24N6O2. The first-order chi connectivity index (χ1) is 12.6. The summed E-state index contributed by atoms with van der Waals surface area (Å²) in [5.41, 5.74) is 6.41. The fourth-order valence-electron chi connectivity index (χ4n) is 2.79. The number of hydrogen-bond donors (Lipinski definition) is 3. The van der Waals surface area contributed by atoms with Gasteiger partial charge in [-0.25, -0.2) is 15.0 Å². The highest BCUT2D eigenvalue weighted by molar-refractivity contribution is 5.94. The van der Waals surface area contributed by atoms with Gasteiger partial charge >= 0.3 is 0 Å². The molecule has 0 aliphatic rings. The van der Waals surface area contributed by atoms with Gasteiger partial charge in [0, 0.05) is 29.7 Å². The molecule has 8 heteroatoms. The number of aromatic nitrogens is 4. The number of nitrogen functional groups attached to an aromatic ring is 1. The molecule has 0 spiro atoms. The first-order valence-electron chi connectivity index (χ1n) is 8.72. The van der Waals surface area contributed by atoms with Crippen molar-refractivity contribution in [2.45, 2.75) is 45.9 Å². The molecule has 0 aliphatic carbocycles.